The summed E-state index contributed by atoms with van der Waals surface area (Å²) in [6.45, 7) is 1.88. The van der Waals surface area contributed by atoms with Gasteiger partial charge < -0.3 is 9.72 Å². The van der Waals surface area contributed by atoms with E-state index in [1.807, 2.05) is 6.92 Å². The van der Waals surface area contributed by atoms with E-state index >= 15 is 0 Å². The highest BCUT2D eigenvalue weighted by Crippen LogP contribution is 2.18. The number of rotatable bonds is 5. The van der Waals surface area contributed by atoms with Crippen molar-refractivity contribution in [3.63, 3.8) is 0 Å². The molecule has 2 aromatic carbocycles. The Labute approximate surface area is 149 Å². The second-order valence-electron chi connectivity index (χ2n) is 5.43. The second-order valence-corrected chi connectivity index (χ2v) is 5.87. The summed E-state index contributed by atoms with van der Waals surface area (Å²) in [5, 5.41) is 0.540. The normalized spacial score (nSPS) is 10.5. The monoisotopic (exact) mass is 354 g/mol. The van der Waals surface area contributed by atoms with E-state index in [1.165, 1.54) is 6.33 Å². The van der Waals surface area contributed by atoms with Gasteiger partial charge in [-0.3, -0.25) is 4.79 Å². The molecule has 126 valence electrons. The van der Waals surface area contributed by atoms with Gasteiger partial charge in [0.1, 0.15) is 6.61 Å². The molecule has 0 aliphatic heterocycles. The van der Waals surface area contributed by atoms with Gasteiger partial charge in [-0.25, -0.2) is 9.78 Å². The third-order valence-electron chi connectivity index (χ3n) is 3.77. The van der Waals surface area contributed by atoms with Gasteiger partial charge in [0, 0.05) is 21.8 Å². The van der Waals surface area contributed by atoms with Crippen LogP contribution in [0.1, 0.15) is 37.7 Å². The first kappa shape index (κ1) is 16.9. The largest absolute Gasteiger partial charge is 0.455 e. The fraction of sp³-hybridized carbons (Fsp3) is 0.105. The average molecular weight is 355 g/mol. The molecule has 25 heavy (non-hydrogen) atoms. The predicted octanol–water partition coefficient (Wildman–Crippen LogP) is 3.96. The Morgan fingerprint density at radius 2 is 1.76 bits per heavy atom. The summed E-state index contributed by atoms with van der Waals surface area (Å²) in [6, 6.07) is 13.1. The zero-order valence-electron chi connectivity index (χ0n) is 13.5. The quantitative estimate of drug-likeness (QED) is 0.556. The number of ether oxygens (including phenoxy) is 1. The molecule has 3 rings (SSSR count). The maximum absolute atomic E-state index is 12.7. The number of imidazole rings is 1. The number of hydrogen-bond donors (Lipinski definition) is 1. The maximum atomic E-state index is 12.7. The van der Waals surface area contributed by atoms with Crippen molar-refractivity contribution in [2.45, 2.75) is 13.5 Å². The van der Waals surface area contributed by atoms with E-state index < -0.39 is 5.97 Å². The number of carbonyl (C=O) groups is 2. The minimum absolute atomic E-state index is 0.0393. The van der Waals surface area contributed by atoms with E-state index in [1.54, 1.807) is 48.5 Å². The van der Waals surface area contributed by atoms with Crippen LogP contribution >= 0.6 is 11.6 Å². The highest BCUT2D eigenvalue weighted by atomic mass is 35.5. The van der Waals surface area contributed by atoms with E-state index in [0.717, 1.165) is 5.69 Å². The van der Waals surface area contributed by atoms with Gasteiger partial charge in [0.05, 0.1) is 17.6 Å². The minimum Gasteiger partial charge on any atom is -0.455 e. The molecule has 5 nitrogen and oxygen atoms in total. The molecule has 6 heteroatoms. The number of esters is 1. The number of halogens is 1. The average Bonchev–Trinajstić information content (AvgIpc) is 3.04. The predicted molar refractivity (Wildman–Crippen MR) is 93.8 cm³/mol. The van der Waals surface area contributed by atoms with Crippen LogP contribution in [0.15, 0.2) is 54.9 Å². The molecule has 0 aliphatic carbocycles. The summed E-state index contributed by atoms with van der Waals surface area (Å²) in [4.78, 5) is 32.1. The SMILES string of the molecule is Cc1[nH]cnc1COC(=O)c1ccccc1C(=O)c1ccc(Cl)cc1. The Morgan fingerprint density at radius 3 is 2.40 bits per heavy atom. The summed E-state index contributed by atoms with van der Waals surface area (Å²) in [7, 11) is 0. The van der Waals surface area contributed by atoms with Crippen molar-refractivity contribution < 1.29 is 14.3 Å². The van der Waals surface area contributed by atoms with E-state index in [4.69, 9.17) is 16.3 Å². The van der Waals surface area contributed by atoms with Crippen LogP contribution in [0.2, 0.25) is 5.02 Å². The molecule has 3 aromatic rings. The molecule has 0 bridgehead atoms. The highest BCUT2D eigenvalue weighted by Gasteiger charge is 2.19. The zero-order valence-corrected chi connectivity index (χ0v) is 14.2. The molecule has 1 N–H and O–H groups in total. The Morgan fingerprint density at radius 1 is 1.08 bits per heavy atom. The van der Waals surface area contributed by atoms with E-state index in [-0.39, 0.29) is 23.5 Å². The van der Waals surface area contributed by atoms with Gasteiger partial charge in [-0.05, 0) is 37.3 Å². The smallest absolute Gasteiger partial charge is 0.339 e. The molecule has 0 aliphatic rings. The first-order chi connectivity index (χ1) is 12.1. The van der Waals surface area contributed by atoms with Gasteiger partial charge in [0.2, 0.25) is 0 Å². The Kier molecular flexibility index (Phi) is 4.95. The standard InChI is InChI=1S/C19H15ClN2O3/c1-12-17(22-11-21-12)10-25-19(24)16-5-3-2-4-15(16)18(23)13-6-8-14(20)9-7-13/h2-9,11H,10H2,1H3,(H,21,22). The Bertz CT molecular complexity index is 916. The van der Waals surface area contributed by atoms with Crippen LogP contribution in [-0.2, 0) is 11.3 Å². The minimum atomic E-state index is -0.569. The van der Waals surface area contributed by atoms with E-state index in [9.17, 15) is 9.59 Å². The molecule has 0 amide bonds. The molecular formula is C19H15ClN2O3. The van der Waals surface area contributed by atoms with Gasteiger partial charge >= 0.3 is 5.97 Å². The fourth-order valence-corrected chi connectivity index (χ4v) is 2.49. The highest BCUT2D eigenvalue weighted by molar-refractivity contribution is 6.30. The first-order valence-corrected chi connectivity index (χ1v) is 7.99. The number of carbonyl (C=O) groups excluding carboxylic acids is 2. The number of nitrogens with one attached hydrogen (secondary N) is 1. The van der Waals surface area contributed by atoms with Crippen LogP contribution in [0.5, 0.6) is 0 Å². The number of H-pyrrole nitrogens is 1. The van der Waals surface area contributed by atoms with Gasteiger partial charge in [-0.15, -0.1) is 0 Å². The first-order valence-electron chi connectivity index (χ1n) is 7.61. The number of aromatic amines is 1. The summed E-state index contributed by atoms with van der Waals surface area (Å²) in [5.74, 6) is -0.833. The molecular weight excluding hydrogens is 340 g/mol. The van der Waals surface area contributed by atoms with Crippen LogP contribution in [0.3, 0.4) is 0 Å². The van der Waals surface area contributed by atoms with Crippen LogP contribution < -0.4 is 0 Å². The molecule has 1 aromatic heterocycles. The van der Waals surface area contributed by atoms with E-state index in [2.05, 4.69) is 9.97 Å². The lowest BCUT2D eigenvalue weighted by Crippen LogP contribution is -2.13. The Balaban J connectivity index is 1.82. The molecule has 0 atom stereocenters. The van der Waals surface area contributed by atoms with Crippen molar-refractivity contribution in [3.05, 3.63) is 88.0 Å². The van der Waals surface area contributed by atoms with Crippen LogP contribution in [0, 0.1) is 6.92 Å². The topological polar surface area (TPSA) is 72.0 Å². The van der Waals surface area contributed by atoms with Gasteiger partial charge in [-0.1, -0.05) is 29.8 Å². The summed E-state index contributed by atoms with van der Waals surface area (Å²) < 4.78 is 5.30. The number of benzene rings is 2. The molecule has 0 saturated heterocycles. The summed E-state index contributed by atoms with van der Waals surface area (Å²) >= 11 is 5.85. The van der Waals surface area contributed by atoms with Crippen molar-refractivity contribution >= 4 is 23.4 Å². The maximum Gasteiger partial charge on any atom is 0.339 e. The Hall–Kier alpha value is -2.92. The molecule has 0 fully saturated rings. The molecule has 0 saturated carbocycles. The molecule has 0 spiro atoms. The number of hydrogen-bond acceptors (Lipinski definition) is 4. The van der Waals surface area contributed by atoms with Crippen molar-refractivity contribution in [3.8, 4) is 0 Å². The molecule has 0 radical (unpaired) electrons. The third kappa shape index (κ3) is 3.78. The van der Waals surface area contributed by atoms with Crippen molar-refractivity contribution in [1.29, 1.82) is 0 Å². The van der Waals surface area contributed by atoms with Crippen molar-refractivity contribution in [2.24, 2.45) is 0 Å². The molecule has 0 unspecified atom stereocenters. The van der Waals surface area contributed by atoms with Crippen molar-refractivity contribution in [1.82, 2.24) is 9.97 Å². The number of nitrogens with zero attached hydrogens (tertiary/aromatic N) is 1. The number of ketones is 1. The second kappa shape index (κ2) is 7.32. The van der Waals surface area contributed by atoms with Gasteiger partial charge in [0.15, 0.2) is 5.78 Å². The zero-order chi connectivity index (χ0) is 17.8. The number of aryl methyl sites for hydroxylation is 1. The van der Waals surface area contributed by atoms with E-state index in [0.29, 0.717) is 16.3 Å². The van der Waals surface area contributed by atoms with Crippen LogP contribution in [-0.4, -0.2) is 21.7 Å². The third-order valence-corrected chi connectivity index (χ3v) is 4.02. The summed E-state index contributed by atoms with van der Waals surface area (Å²) in [5.41, 5.74) is 2.44. The van der Waals surface area contributed by atoms with Crippen LogP contribution in [0.25, 0.3) is 0 Å². The fourth-order valence-electron chi connectivity index (χ4n) is 2.36. The van der Waals surface area contributed by atoms with Crippen molar-refractivity contribution in [2.75, 3.05) is 0 Å². The summed E-state index contributed by atoms with van der Waals surface area (Å²) in [6.07, 6.45) is 1.54. The lowest BCUT2D eigenvalue weighted by Gasteiger charge is -2.09. The van der Waals surface area contributed by atoms with Gasteiger partial charge in [-0.2, -0.15) is 0 Å². The van der Waals surface area contributed by atoms with Crippen LogP contribution in [0.4, 0.5) is 0 Å². The lowest BCUT2D eigenvalue weighted by atomic mass is 9.98. The van der Waals surface area contributed by atoms with Gasteiger partial charge in [0.25, 0.3) is 0 Å². The molecule has 1 heterocycles. The number of aromatic nitrogens is 2. The lowest BCUT2D eigenvalue weighted by molar-refractivity contribution is 0.0465.